The Hall–Kier alpha value is -2.45. The van der Waals surface area contributed by atoms with Crippen LogP contribution in [-0.4, -0.2) is 23.5 Å². The standard InChI is InChI=1S/C14H11N3O3S2/c18-12-4-1-3-10(7-12)14-15-8-11(9-16-14)17-22(19,20)13-5-2-6-21-13/h1-9,17-18H. The molecule has 2 N–H and O–H groups in total. The second-order valence-corrected chi connectivity index (χ2v) is 7.24. The van der Waals surface area contributed by atoms with E-state index in [4.69, 9.17) is 0 Å². The Bertz CT molecular complexity index is 876. The number of thiophene rings is 1. The highest BCUT2D eigenvalue weighted by molar-refractivity contribution is 7.94. The molecule has 1 aromatic carbocycles. The first-order valence-electron chi connectivity index (χ1n) is 6.22. The molecular formula is C14H11N3O3S2. The molecule has 6 nitrogen and oxygen atoms in total. The van der Waals surface area contributed by atoms with Gasteiger partial charge in [0, 0.05) is 5.56 Å². The summed E-state index contributed by atoms with van der Waals surface area (Å²) in [5.41, 5.74) is 0.921. The van der Waals surface area contributed by atoms with Crippen LogP contribution >= 0.6 is 11.3 Å². The number of hydrogen-bond acceptors (Lipinski definition) is 6. The van der Waals surface area contributed by atoms with Crippen LogP contribution in [0, 0.1) is 0 Å². The number of phenols is 1. The molecule has 0 bridgehead atoms. The lowest BCUT2D eigenvalue weighted by Gasteiger charge is -2.06. The maximum atomic E-state index is 12.1. The van der Waals surface area contributed by atoms with Crippen LogP contribution in [-0.2, 0) is 10.0 Å². The van der Waals surface area contributed by atoms with Crippen molar-refractivity contribution in [1.82, 2.24) is 9.97 Å². The van der Waals surface area contributed by atoms with Crippen molar-refractivity contribution in [3.05, 3.63) is 54.2 Å². The molecular weight excluding hydrogens is 322 g/mol. The maximum Gasteiger partial charge on any atom is 0.271 e. The Morgan fingerprint density at radius 1 is 1.09 bits per heavy atom. The fourth-order valence-electron chi connectivity index (χ4n) is 1.80. The topological polar surface area (TPSA) is 92.2 Å². The van der Waals surface area contributed by atoms with Gasteiger partial charge in [-0.25, -0.2) is 18.4 Å². The predicted molar refractivity (Wildman–Crippen MR) is 84.3 cm³/mol. The molecule has 0 fully saturated rings. The Balaban J connectivity index is 1.83. The van der Waals surface area contributed by atoms with Gasteiger partial charge in [-0.15, -0.1) is 11.3 Å². The van der Waals surface area contributed by atoms with E-state index in [9.17, 15) is 13.5 Å². The van der Waals surface area contributed by atoms with Gasteiger partial charge in [0.2, 0.25) is 0 Å². The van der Waals surface area contributed by atoms with Gasteiger partial charge in [-0.2, -0.15) is 0 Å². The molecule has 112 valence electrons. The molecule has 0 aliphatic heterocycles. The zero-order valence-electron chi connectivity index (χ0n) is 11.2. The Kier molecular flexibility index (Phi) is 3.78. The van der Waals surface area contributed by atoms with Crippen molar-refractivity contribution in [1.29, 1.82) is 0 Å². The van der Waals surface area contributed by atoms with E-state index in [0.717, 1.165) is 11.3 Å². The number of nitrogens with zero attached hydrogens (tertiary/aromatic N) is 2. The van der Waals surface area contributed by atoms with Gasteiger partial charge in [0.1, 0.15) is 9.96 Å². The van der Waals surface area contributed by atoms with Crippen LogP contribution in [0.4, 0.5) is 5.69 Å². The van der Waals surface area contributed by atoms with Gasteiger partial charge in [-0.1, -0.05) is 18.2 Å². The monoisotopic (exact) mass is 333 g/mol. The fourth-order valence-corrected chi connectivity index (χ4v) is 3.82. The van der Waals surface area contributed by atoms with Crippen molar-refractivity contribution in [2.75, 3.05) is 4.72 Å². The minimum atomic E-state index is -3.61. The highest BCUT2D eigenvalue weighted by Crippen LogP contribution is 2.22. The summed E-state index contributed by atoms with van der Waals surface area (Å²) in [6.07, 6.45) is 2.77. The second kappa shape index (κ2) is 5.74. The van der Waals surface area contributed by atoms with Crippen LogP contribution < -0.4 is 4.72 Å². The molecule has 0 spiro atoms. The highest BCUT2D eigenvalue weighted by atomic mass is 32.2. The van der Waals surface area contributed by atoms with Crippen molar-refractivity contribution < 1.29 is 13.5 Å². The minimum absolute atomic E-state index is 0.114. The molecule has 2 heterocycles. The molecule has 3 rings (SSSR count). The van der Waals surface area contributed by atoms with E-state index in [0.29, 0.717) is 11.4 Å². The van der Waals surface area contributed by atoms with Crippen molar-refractivity contribution in [3.8, 4) is 17.1 Å². The normalized spacial score (nSPS) is 11.3. The molecule has 0 aliphatic rings. The summed E-state index contributed by atoms with van der Waals surface area (Å²) in [6, 6.07) is 9.71. The molecule has 0 saturated heterocycles. The number of nitrogens with one attached hydrogen (secondary N) is 1. The first kappa shape index (κ1) is 14.5. The molecule has 8 heteroatoms. The molecule has 0 radical (unpaired) electrons. The minimum Gasteiger partial charge on any atom is -0.508 e. The number of anilines is 1. The molecule has 0 saturated carbocycles. The van der Waals surface area contributed by atoms with Crippen molar-refractivity contribution in [2.45, 2.75) is 4.21 Å². The Labute approximate surface area is 131 Å². The molecule has 2 aromatic heterocycles. The first-order chi connectivity index (χ1) is 10.5. The summed E-state index contributed by atoms with van der Waals surface area (Å²) >= 11 is 1.13. The van der Waals surface area contributed by atoms with Crippen LogP contribution in [0.2, 0.25) is 0 Å². The fraction of sp³-hybridized carbons (Fsp3) is 0. The van der Waals surface area contributed by atoms with Crippen LogP contribution in [0.5, 0.6) is 5.75 Å². The van der Waals surface area contributed by atoms with Crippen LogP contribution in [0.1, 0.15) is 0 Å². The third kappa shape index (κ3) is 3.07. The van der Waals surface area contributed by atoms with Gasteiger partial charge in [0.15, 0.2) is 5.82 Å². The first-order valence-corrected chi connectivity index (χ1v) is 8.59. The Morgan fingerprint density at radius 2 is 1.86 bits per heavy atom. The number of rotatable bonds is 4. The number of phenolic OH excluding ortho intramolecular Hbond substituents is 1. The van der Waals surface area contributed by atoms with E-state index in [1.807, 2.05) is 0 Å². The number of aromatic nitrogens is 2. The summed E-state index contributed by atoms with van der Waals surface area (Å²) in [7, 11) is -3.61. The lowest BCUT2D eigenvalue weighted by atomic mass is 10.2. The van der Waals surface area contributed by atoms with Gasteiger partial charge in [-0.05, 0) is 23.6 Å². The molecule has 0 atom stereocenters. The number of benzene rings is 1. The summed E-state index contributed by atoms with van der Waals surface area (Å²) in [5, 5.41) is 11.1. The third-order valence-electron chi connectivity index (χ3n) is 2.77. The van der Waals surface area contributed by atoms with Gasteiger partial charge in [0.05, 0.1) is 18.1 Å². The number of sulfonamides is 1. The van der Waals surface area contributed by atoms with Crippen molar-refractivity contribution >= 4 is 27.0 Å². The average molecular weight is 333 g/mol. The smallest absolute Gasteiger partial charge is 0.271 e. The quantitative estimate of drug-likeness (QED) is 0.766. The number of hydrogen-bond donors (Lipinski definition) is 2. The zero-order valence-corrected chi connectivity index (χ0v) is 12.8. The summed E-state index contributed by atoms with van der Waals surface area (Å²) in [4.78, 5) is 8.22. The highest BCUT2D eigenvalue weighted by Gasteiger charge is 2.15. The van der Waals surface area contributed by atoms with Crippen LogP contribution in [0.3, 0.4) is 0 Å². The lowest BCUT2D eigenvalue weighted by molar-refractivity contribution is 0.475. The maximum absolute atomic E-state index is 12.1. The van der Waals surface area contributed by atoms with Gasteiger partial charge >= 0.3 is 0 Å². The summed E-state index contributed by atoms with van der Waals surface area (Å²) < 4.78 is 26.8. The van der Waals surface area contributed by atoms with E-state index >= 15 is 0 Å². The number of aromatic hydroxyl groups is 1. The molecule has 0 unspecified atom stereocenters. The molecule has 22 heavy (non-hydrogen) atoms. The van der Waals surface area contributed by atoms with Crippen molar-refractivity contribution in [3.63, 3.8) is 0 Å². The molecule has 0 aliphatic carbocycles. The van der Waals surface area contributed by atoms with Gasteiger partial charge in [-0.3, -0.25) is 4.72 Å². The molecule has 3 aromatic rings. The second-order valence-electron chi connectivity index (χ2n) is 4.38. The van der Waals surface area contributed by atoms with E-state index in [1.54, 1.807) is 29.6 Å². The zero-order chi connectivity index (χ0) is 15.6. The van der Waals surface area contributed by atoms with Crippen molar-refractivity contribution in [2.24, 2.45) is 0 Å². The van der Waals surface area contributed by atoms with Gasteiger partial charge < -0.3 is 5.11 Å². The van der Waals surface area contributed by atoms with E-state index < -0.39 is 10.0 Å². The van der Waals surface area contributed by atoms with E-state index in [1.165, 1.54) is 24.5 Å². The van der Waals surface area contributed by atoms with E-state index in [2.05, 4.69) is 14.7 Å². The van der Waals surface area contributed by atoms with E-state index in [-0.39, 0.29) is 15.6 Å². The largest absolute Gasteiger partial charge is 0.508 e. The summed E-state index contributed by atoms with van der Waals surface area (Å²) in [5.74, 6) is 0.513. The lowest BCUT2D eigenvalue weighted by Crippen LogP contribution is -2.11. The molecule has 0 amide bonds. The Morgan fingerprint density at radius 3 is 2.50 bits per heavy atom. The van der Waals surface area contributed by atoms with Gasteiger partial charge in [0.25, 0.3) is 10.0 Å². The average Bonchev–Trinajstić information content (AvgIpc) is 3.03. The van der Waals surface area contributed by atoms with Crippen LogP contribution in [0.15, 0.2) is 58.4 Å². The summed E-state index contributed by atoms with van der Waals surface area (Å²) in [6.45, 7) is 0. The predicted octanol–water partition coefficient (Wildman–Crippen LogP) is 2.71. The third-order valence-corrected chi connectivity index (χ3v) is 5.55. The van der Waals surface area contributed by atoms with Crippen LogP contribution in [0.25, 0.3) is 11.4 Å². The SMILES string of the molecule is O=S(=O)(Nc1cnc(-c2cccc(O)c2)nc1)c1cccs1.